The van der Waals surface area contributed by atoms with E-state index in [1.54, 1.807) is 13.8 Å². The number of nitrogens with zero attached hydrogens (tertiary/aromatic N) is 2. The van der Waals surface area contributed by atoms with Crippen LogP contribution >= 0.6 is 0 Å². The van der Waals surface area contributed by atoms with E-state index in [1.807, 2.05) is 0 Å². The van der Waals surface area contributed by atoms with Gasteiger partial charge in [0.1, 0.15) is 6.04 Å². The molecule has 1 saturated heterocycles. The van der Waals surface area contributed by atoms with Crippen LogP contribution in [-0.4, -0.2) is 60.1 Å². The molecule has 0 aromatic rings. The predicted octanol–water partition coefficient (Wildman–Crippen LogP) is -4.12. The molecule has 0 aromatic carbocycles. The van der Waals surface area contributed by atoms with Gasteiger partial charge in [-0.05, 0) is 19.4 Å². The van der Waals surface area contributed by atoms with Gasteiger partial charge in [-0.3, -0.25) is 9.63 Å². The molecule has 2 bridgehead atoms. The largest absolute Gasteiger partial charge is 1.00 e. The second kappa shape index (κ2) is 7.25. The van der Waals surface area contributed by atoms with E-state index in [1.165, 1.54) is 6.08 Å². The van der Waals surface area contributed by atoms with E-state index in [0.29, 0.717) is 10.6 Å². The molecule has 2 aliphatic heterocycles. The minimum Gasteiger partial charge on any atom is -0.724 e. The van der Waals surface area contributed by atoms with Crippen LogP contribution in [0.5, 0.6) is 0 Å². The fourth-order valence-electron chi connectivity index (χ4n) is 2.33. The van der Waals surface area contributed by atoms with Crippen LogP contribution in [-0.2, 0) is 24.3 Å². The number of hydrogen-bond acceptors (Lipinski definition) is 7. The summed E-state index contributed by atoms with van der Waals surface area (Å²) in [5.74, 6) is -0.566. The minimum absolute atomic E-state index is 0. The molecule has 2 rings (SSSR count). The SMILES string of the molecule is CCONC(=O)[C@@H]1C(C)=C[C@@H]2CN1C(=O)N2OS(=O)(=O)[O-].[Na+]. The van der Waals surface area contributed by atoms with Gasteiger partial charge in [-0.25, -0.2) is 18.7 Å². The quantitative estimate of drug-likeness (QED) is 0.177. The first-order chi connectivity index (χ1) is 9.74. The van der Waals surface area contributed by atoms with Crippen LogP contribution in [0.25, 0.3) is 0 Å². The van der Waals surface area contributed by atoms with Gasteiger partial charge in [0.15, 0.2) is 0 Å². The monoisotopic (exact) mass is 343 g/mol. The van der Waals surface area contributed by atoms with Crippen LogP contribution in [0.3, 0.4) is 0 Å². The summed E-state index contributed by atoms with van der Waals surface area (Å²) in [6.07, 6.45) is 1.50. The summed E-state index contributed by atoms with van der Waals surface area (Å²) in [6, 6.07) is -2.55. The Morgan fingerprint density at radius 3 is 2.73 bits per heavy atom. The van der Waals surface area contributed by atoms with E-state index in [2.05, 4.69) is 9.76 Å². The van der Waals surface area contributed by atoms with Crippen molar-refractivity contribution >= 4 is 22.3 Å². The van der Waals surface area contributed by atoms with E-state index < -0.39 is 34.4 Å². The first-order valence-corrected chi connectivity index (χ1v) is 7.43. The van der Waals surface area contributed by atoms with E-state index in [9.17, 15) is 22.6 Å². The first-order valence-electron chi connectivity index (χ1n) is 6.09. The Labute approximate surface area is 149 Å². The van der Waals surface area contributed by atoms with Crippen molar-refractivity contribution in [3.05, 3.63) is 11.6 Å². The predicted molar refractivity (Wildman–Crippen MR) is 65.8 cm³/mol. The standard InChI is InChI=1S/C10H15N3O7S.Na/c1-3-19-11-9(14)8-6(2)4-7-5-12(8)10(15)13(7)20-21(16,17)18;/h4,7-8H,3,5H2,1-2H3,(H,11,14)(H,16,17,18);/q;+1/p-1/t7-,8+;/m1./s1. The van der Waals surface area contributed by atoms with Gasteiger partial charge in [-0.2, -0.15) is 9.35 Å². The number of hydroxylamine groups is 3. The maximum absolute atomic E-state index is 12.1. The average Bonchev–Trinajstić information content (AvgIpc) is 2.60. The molecule has 0 radical (unpaired) electrons. The molecule has 12 heteroatoms. The molecule has 0 saturated carbocycles. The maximum atomic E-state index is 12.1. The number of urea groups is 1. The summed E-state index contributed by atoms with van der Waals surface area (Å²) < 4.78 is 36.1. The minimum atomic E-state index is -5.07. The molecule has 10 nitrogen and oxygen atoms in total. The van der Waals surface area contributed by atoms with Crippen molar-refractivity contribution in [3.8, 4) is 0 Å². The number of fused-ring (bicyclic) bond motifs is 2. The number of amides is 3. The zero-order valence-electron chi connectivity index (χ0n) is 12.3. The van der Waals surface area contributed by atoms with E-state index in [-0.39, 0.29) is 42.7 Å². The molecule has 3 amide bonds. The number of hydrogen-bond donors (Lipinski definition) is 1. The van der Waals surface area contributed by atoms with Crippen LogP contribution in [0, 0.1) is 0 Å². The van der Waals surface area contributed by atoms with Crippen LogP contribution < -0.4 is 35.0 Å². The number of carbonyl (C=O) groups excluding carboxylic acids is 2. The molecule has 0 unspecified atom stereocenters. The summed E-state index contributed by atoms with van der Waals surface area (Å²) in [4.78, 5) is 30.0. The molecule has 0 spiro atoms. The van der Waals surface area contributed by atoms with Gasteiger partial charge in [-0.1, -0.05) is 6.08 Å². The topological polar surface area (TPSA) is 128 Å². The zero-order valence-corrected chi connectivity index (χ0v) is 15.1. The van der Waals surface area contributed by atoms with Gasteiger partial charge in [0, 0.05) is 0 Å². The van der Waals surface area contributed by atoms with Crippen molar-refractivity contribution in [3.63, 3.8) is 0 Å². The Bertz CT molecular complexity index is 593. The van der Waals surface area contributed by atoms with E-state index in [4.69, 9.17) is 4.84 Å². The molecule has 2 heterocycles. The smallest absolute Gasteiger partial charge is 0.724 e. The van der Waals surface area contributed by atoms with E-state index in [0.717, 1.165) is 4.90 Å². The van der Waals surface area contributed by atoms with Gasteiger partial charge >= 0.3 is 35.6 Å². The van der Waals surface area contributed by atoms with Crippen LogP contribution in [0.4, 0.5) is 4.79 Å². The van der Waals surface area contributed by atoms with Gasteiger partial charge in [0.2, 0.25) is 10.4 Å². The second-order valence-electron chi connectivity index (χ2n) is 4.52. The van der Waals surface area contributed by atoms with Crippen molar-refractivity contribution in [2.75, 3.05) is 13.2 Å². The molecule has 2 atom stereocenters. The molecular weight excluding hydrogens is 329 g/mol. The third-order valence-corrected chi connectivity index (χ3v) is 3.40. The molecule has 22 heavy (non-hydrogen) atoms. The second-order valence-corrected chi connectivity index (χ2v) is 5.49. The average molecular weight is 343 g/mol. The number of nitrogens with one attached hydrogen (secondary N) is 1. The summed E-state index contributed by atoms with van der Waals surface area (Å²) in [7, 11) is -5.07. The van der Waals surface area contributed by atoms with Crippen LogP contribution in [0.15, 0.2) is 11.6 Å². The molecular formula is C10H14N3NaO7S. The first kappa shape index (κ1) is 19.4. The Morgan fingerprint density at radius 2 is 2.18 bits per heavy atom. The molecule has 0 aromatic heterocycles. The maximum Gasteiger partial charge on any atom is 1.00 e. The molecule has 1 N–H and O–H groups in total. The normalized spacial score (nSPS) is 24.0. The number of rotatable bonds is 5. The fourth-order valence-corrected chi connectivity index (χ4v) is 2.70. The Kier molecular flexibility index (Phi) is 6.38. The summed E-state index contributed by atoms with van der Waals surface area (Å²) >= 11 is 0. The summed E-state index contributed by atoms with van der Waals surface area (Å²) in [6.45, 7) is 3.57. The van der Waals surface area contributed by atoms with Crippen molar-refractivity contribution in [2.24, 2.45) is 0 Å². The van der Waals surface area contributed by atoms with Gasteiger partial charge in [0.25, 0.3) is 5.91 Å². The number of carbonyl (C=O) groups is 2. The summed E-state index contributed by atoms with van der Waals surface area (Å²) in [5, 5.41) is 0.458. The van der Waals surface area contributed by atoms with Crippen molar-refractivity contribution in [2.45, 2.75) is 25.9 Å². The third kappa shape index (κ3) is 3.98. The Balaban J connectivity index is 0.00000242. The molecule has 2 aliphatic rings. The Hall–Kier alpha value is -0.690. The van der Waals surface area contributed by atoms with Gasteiger partial charge < -0.3 is 9.45 Å². The van der Waals surface area contributed by atoms with Crippen molar-refractivity contribution in [1.82, 2.24) is 15.4 Å². The van der Waals surface area contributed by atoms with Crippen LogP contribution in [0.1, 0.15) is 13.8 Å². The van der Waals surface area contributed by atoms with E-state index >= 15 is 0 Å². The van der Waals surface area contributed by atoms with Crippen molar-refractivity contribution in [1.29, 1.82) is 0 Å². The van der Waals surface area contributed by atoms with Gasteiger partial charge in [0.05, 0.1) is 19.2 Å². The molecule has 1 fully saturated rings. The summed E-state index contributed by atoms with van der Waals surface area (Å²) in [5.41, 5.74) is 2.71. The molecule has 118 valence electrons. The molecule has 0 aliphatic carbocycles. The van der Waals surface area contributed by atoms with Gasteiger partial charge in [-0.15, -0.1) is 0 Å². The Morgan fingerprint density at radius 1 is 1.55 bits per heavy atom. The van der Waals surface area contributed by atoms with Crippen LogP contribution in [0.2, 0.25) is 0 Å². The zero-order chi connectivity index (χ0) is 15.8. The van der Waals surface area contributed by atoms with Crippen molar-refractivity contribution < 1.29 is 61.2 Å². The fraction of sp³-hybridized carbons (Fsp3) is 0.600. The third-order valence-electron chi connectivity index (χ3n) is 3.05.